The molecule has 1 N–H and O–H groups in total. The number of rotatable bonds is 6. The van der Waals surface area contributed by atoms with Crippen molar-refractivity contribution in [2.75, 3.05) is 19.6 Å². The van der Waals surface area contributed by atoms with E-state index in [0.717, 1.165) is 11.3 Å². The highest BCUT2D eigenvalue weighted by atomic mass is 16.2. The summed E-state index contributed by atoms with van der Waals surface area (Å²) in [6.45, 7) is 5.44. The third-order valence-electron chi connectivity index (χ3n) is 5.32. The molecule has 2 aromatic rings. The molecule has 6 nitrogen and oxygen atoms in total. The Morgan fingerprint density at radius 3 is 2.64 bits per heavy atom. The molecule has 0 bridgehead atoms. The lowest BCUT2D eigenvalue weighted by Gasteiger charge is -2.18. The number of aryl methyl sites for hydroxylation is 2. The number of likely N-dealkylation sites (tertiary alicyclic amines) is 1. The van der Waals surface area contributed by atoms with Crippen molar-refractivity contribution in [1.29, 1.82) is 0 Å². The van der Waals surface area contributed by atoms with Gasteiger partial charge in [-0.15, -0.1) is 0 Å². The molecule has 0 saturated carbocycles. The standard InChI is InChI=1S/C22H28N4O2/c1-16-7-9-18(10-8-16)5-4-6-22(28)26-13-19(11-24-17(2)27)20(14-26)21-12-23-15-25(21)3/h4-5,7-10,12,15,19-20H,6,11,13-14H2,1-3H3,(H,24,27)/b5-4+/t19-,20-/m1/s1. The van der Waals surface area contributed by atoms with Crippen LogP contribution in [0.5, 0.6) is 0 Å². The fraction of sp³-hybridized carbons (Fsp3) is 0.409. The Hall–Kier alpha value is -2.89. The number of hydrogen-bond donors (Lipinski definition) is 1. The predicted octanol–water partition coefficient (Wildman–Crippen LogP) is 2.51. The third-order valence-corrected chi connectivity index (χ3v) is 5.32. The molecule has 0 radical (unpaired) electrons. The van der Waals surface area contributed by atoms with Crippen LogP contribution in [-0.2, 0) is 16.6 Å². The average Bonchev–Trinajstić information content (AvgIpc) is 3.27. The molecule has 2 heterocycles. The van der Waals surface area contributed by atoms with Crippen LogP contribution in [0.3, 0.4) is 0 Å². The molecule has 148 valence electrons. The molecular weight excluding hydrogens is 352 g/mol. The number of nitrogens with zero attached hydrogens (tertiary/aromatic N) is 3. The van der Waals surface area contributed by atoms with Crippen LogP contribution in [0, 0.1) is 12.8 Å². The fourth-order valence-corrected chi connectivity index (χ4v) is 3.72. The second kappa shape index (κ2) is 8.87. The highest BCUT2D eigenvalue weighted by molar-refractivity contribution is 5.79. The Balaban J connectivity index is 1.64. The van der Waals surface area contributed by atoms with E-state index in [0.29, 0.717) is 26.1 Å². The first kappa shape index (κ1) is 19.9. The van der Waals surface area contributed by atoms with Crippen LogP contribution >= 0.6 is 0 Å². The van der Waals surface area contributed by atoms with E-state index in [1.165, 1.54) is 12.5 Å². The van der Waals surface area contributed by atoms with Crippen molar-refractivity contribution in [2.45, 2.75) is 26.2 Å². The van der Waals surface area contributed by atoms with E-state index in [4.69, 9.17) is 0 Å². The Bertz CT molecular complexity index is 854. The smallest absolute Gasteiger partial charge is 0.226 e. The lowest BCUT2D eigenvalue weighted by Crippen LogP contribution is -2.32. The molecule has 2 atom stereocenters. The topological polar surface area (TPSA) is 67.2 Å². The second-order valence-electron chi connectivity index (χ2n) is 7.55. The van der Waals surface area contributed by atoms with Gasteiger partial charge in [0.05, 0.1) is 6.33 Å². The third kappa shape index (κ3) is 4.88. The highest BCUT2D eigenvalue weighted by Crippen LogP contribution is 2.32. The van der Waals surface area contributed by atoms with E-state index in [2.05, 4.69) is 29.4 Å². The van der Waals surface area contributed by atoms with Gasteiger partial charge < -0.3 is 14.8 Å². The molecule has 1 fully saturated rings. The minimum Gasteiger partial charge on any atom is -0.356 e. The first-order valence-electron chi connectivity index (χ1n) is 9.65. The molecule has 1 aromatic heterocycles. The van der Waals surface area contributed by atoms with Gasteiger partial charge in [-0.1, -0.05) is 42.0 Å². The molecule has 2 amide bonds. The minimum atomic E-state index is -0.0467. The zero-order chi connectivity index (χ0) is 20.1. The van der Waals surface area contributed by atoms with E-state index in [1.54, 1.807) is 6.33 Å². The largest absolute Gasteiger partial charge is 0.356 e. The quantitative estimate of drug-likeness (QED) is 0.837. The van der Waals surface area contributed by atoms with Gasteiger partial charge in [-0.25, -0.2) is 4.98 Å². The lowest BCUT2D eigenvalue weighted by atomic mass is 9.93. The zero-order valence-electron chi connectivity index (χ0n) is 16.8. The summed E-state index contributed by atoms with van der Waals surface area (Å²) >= 11 is 0. The molecule has 1 aromatic carbocycles. The Kier molecular flexibility index (Phi) is 6.29. The van der Waals surface area contributed by atoms with Gasteiger partial charge in [0.25, 0.3) is 0 Å². The van der Waals surface area contributed by atoms with E-state index >= 15 is 0 Å². The summed E-state index contributed by atoms with van der Waals surface area (Å²) in [6.07, 6.45) is 7.92. The lowest BCUT2D eigenvalue weighted by molar-refractivity contribution is -0.129. The van der Waals surface area contributed by atoms with Crippen molar-refractivity contribution in [1.82, 2.24) is 19.8 Å². The Morgan fingerprint density at radius 2 is 2.00 bits per heavy atom. The maximum absolute atomic E-state index is 12.7. The van der Waals surface area contributed by atoms with Crippen molar-refractivity contribution in [2.24, 2.45) is 13.0 Å². The number of imidazole rings is 1. The number of carbonyl (C=O) groups is 2. The van der Waals surface area contributed by atoms with Crippen molar-refractivity contribution in [3.05, 3.63) is 59.7 Å². The number of benzene rings is 1. The molecule has 1 aliphatic heterocycles. The molecule has 6 heteroatoms. The first-order valence-corrected chi connectivity index (χ1v) is 9.65. The monoisotopic (exact) mass is 380 g/mol. The first-order chi connectivity index (χ1) is 13.4. The van der Waals surface area contributed by atoms with Crippen LogP contribution in [0.25, 0.3) is 6.08 Å². The minimum absolute atomic E-state index is 0.0467. The maximum atomic E-state index is 12.7. The van der Waals surface area contributed by atoms with Crippen LogP contribution < -0.4 is 5.32 Å². The maximum Gasteiger partial charge on any atom is 0.226 e. The van der Waals surface area contributed by atoms with Gasteiger partial charge in [0.15, 0.2) is 0 Å². The summed E-state index contributed by atoms with van der Waals surface area (Å²) in [5, 5.41) is 2.91. The van der Waals surface area contributed by atoms with E-state index in [1.807, 2.05) is 47.0 Å². The Labute approximate surface area is 166 Å². The van der Waals surface area contributed by atoms with Crippen molar-refractivity contribution < 1.29 is 9.59 Å². The van der Waals surface area contributed by atoms with Gasteiger partial charge in [0.2, 0.25) is 11.8 Å². The number of nitrogens with one attached hydrogen (secondary N) is 1. The number of aromatic nitrogens is 2. The normalized spacial score (nSPS) is 19.3. The summed E-state index contributed by atoms with van der Waals surface area (Å²) in [4.78, 5) is 30.2. The molecule has 28 heavy (non-hydrogen) atoms. The number of amides is 2. The van der Waals surface area contributed by atoms with Gasteiger partial charge in [-0.3, -0.25) is 9.59 Å². The van der Waals surface area contributed by atoms with Gasteiger partial charge >= 0.3 is 0 Å². The highest BCUT2D eigenvalue weighted by Gasteiger charge is 2.37. The molecule has 0 spiro atoms. The zero-order valence-corrected chi connectivity index (χ0v) is 16.8. The summed E-state index contributed by atoms with van der Waals surface area (Å²) in [5.74, 6) is 0.420. The molecule has 0 unspecified atom stereocenters. The van der Waals surface area contributed by atoms with Crippen LogP contribution in [0.15, 0.2) is 42.9 Å². The molecule has 1 saturated heterocycles. The summed E-state index contributed by atoms with van der Waals surface area (Å²) in [7, 11) is 1.96. The van der Waals surface area contributed by atoms with E-state index in [-0.39, 0.29) is 23.7 Å². The van der Waals surface area contributed by atoms with Gasteiger partial charge in [0.1, 0.15) is 0 Å². The van der Waals surface area contributed by atoms with E-state index in [9.17, 15) is 9.59 Å². The number of carbonyl (C=O) groups excluding carboxylic acids is 2. The fourth-order valence-electron chi connectivity index (χ4n) is 3.72. The van der Waals surface area contributed by atoms with Gasteiger partial charge in [-0.05, 0) is 12.5 Å². The van der Waals surface area contributed by atoms with Crippen LogP contribution in [0.1, 0.15) is 36.1 Å². The van der Waals surface area contributed by atoms with Crippen LogP contribution in [0.4, 0.5) is 0 Å². The summed E-state index contributed by atoms with van der Waals surface area (Å²) in [6, 6.07) is 8.22. The second-order valence-corrected chi connectivity index (χ2v) is 7.55. The summed E-state index contributed by atoms with van der Waals surface area (Å²) < 4.78 is 2.00. The molecular formula is C22H28N4O2. The van der Waals surface area contributed by atoms with Gasteiger partial charge in [-0.2, -0.15) is 0 Å². The van der Waals surface area contributed by atoms with Crippen LogP contribution in [0.2, 0.25) is 0 Å². The molecule has 3 rings (SSSR count). The van der Waals surface area contributed by atoms with E-state index < -0.39 is 0 Å². The molecule has 1 aliphatic rings. The molecule has 0 aliphatic carbocycles. The van der Waals surface area contributed by atoms with Crippen LogP contribution in [-0.4, -0.2) is 45.9 Å². The van der Waals surface area contributed by atoms with Gasteiger partial charge in [0, 0.05) is 63.8 Å². The van der Waals surface area contributed by atoms with Crippen molar-refractivity contribution in [3.8, 4) is 0 Å². The predicted molar refractivity (Wildman–Crippen MR) is 110 cm³/mol. The number of hydrogen-bond acceptors (Lipinski definition) is 3. The van der Waals surface area contributed by atoms with Crippen molar-refractivity contribution in [3.63, 3.8) is 0 Å². The Morgan fingerprint density at radius 1 is 1.25 bits per heavy atom. The summed E-state index contributed by atoms with van der Waals surface area (Å²) in [5.41, 5.74) is 3.41. The average molecular weight is 380 g/mol. The van der Waals surface area contributed by atoms with Crippen molar-refractivity contribution >= 4 is 17.9 Å². The SMILES string of the molecule is CC(=O)NC[C@@H]1CN(C(=O)C/C=C/c2ccc(C)cc2)C[C@H]1c1cncn1C.